The van der Waals surface area contributed by atoms with Crippen LogP contribution in [0.4, 0.5) is 23.5 Å². The summed E-state index contributed by atoms with van der Waals surface area (Å²) in [6.45, 7) is 8.11. The Kier molecular flexibility index (Phi) is 13.7. The topological polar surface area (TPSA) is 148 Å². The van der Waals surface area contributed by atoms with Gasteiger partial charge in [0, 0.05) is 31.4 Å². The third-order valence-electron chi connectivity index (χ3n) is 6.36. The summed E-state index contributed by atoms with van der Waals surface area (Å²) < 4.78 is 10.7. The summed E-state index contributed by atoms with van der Waals surface area (Å²) in [7, 11) is 0. The van der Waals surface area contributed by atoms with Gasteiger partial charge in [-0.25, -0.2) is 0 Å². The molecular formula is C28H46N8O3. The Labute approximate surface area is 232 Å². The largest absolute Gasteiger partial charge is 0.378 e. The minimum absolute atomic E-state index is 0.0494. The third-order valence-corrected chi connectivity index (χ3v) is 6.36. The van der Waals surface area contributed by atoms with Gasteiger partial charge in [-0.05, 0) is 42.9 Å². The van der Waals surface area contributed by atoms with Crippen molar-refractivity contribution in [1.29, 1.82) is 0 Å². The Morgan fingerprint density at radius 3 is 2.33 bits per heavy atom. The van der Waals surface area contributed by atoms with E-state index in [1.54, 1.807) is 0 Å². The molecular weight excluding hydrogens is 496 g/mol. The Hall–Kier alpha value is -3.02. The SMILES string of the molecule is CC(C)CCNc1nc(Nc2ccc(CC(=O)NCCOCCOCCN)cc2)nc(NC2CCCCC2)n1. The van der Waals surface area contributed by atoms with Gasteiger partial charge in [-0.1, -0.05) is 45.2 Å². The molecule has 0 aliphatic heterocycles. The first-order valence-corrected chi connectivity index (χ1v) is 14.3. The maximum Gasteiger partial charge on any atom is 0.233 e. The van der Waals surface area contributed by atoms with Gasteiger partial charge in [-0.3, -0.25) is 4.79 Å². The van der Waals surface area contributed by atoms with Gasteiger partial charge in [0.05, 0.1) is 32.8 Å². The van der Waals surface area contributed by atoms with Crippen LogP contribution in [0.15, 0.2) is 24.3 Å². The third kappa shape index (κ3) is 12.6. The molecule has 3 rings (SSSR count). The van der Waals surface area contributed by atoms with Gasteiger partial charge in [-0.2, -0.15) is 15.0 Å². The van der Waals surface area contributed by atoms with Crippen LogP contribution in [0, 0.1) is 5.92 Å². The number of benzene rings is 1. The maximum atomic E-state index is 12.3. The van der Waals surface area contributed by atoms with Crippen LogP contribution in [-0.2, 0) is 20.7 Å². The fourth-order valence-electron chi connectivity index (χ4n) is 4.23. The molecule has 0 saturated heterocycles. The number of carbonyl (C=O) groups excluding carboxylic acids is 1. The van der Waals surface area contributed by atoms with E-state index in [1.165, 1.54) is 19.3 Å². The lowest BCUT2D eigenvalue weighted by Crippen LogP contribution is -2.29. The average molecular weight is 543 g/mol. The lowest BCUT2D eigenvalue weighted by Gasteiger charge is -2.23. The van der Waals surface area contributed by atoms with Crippen molar-refractivity contribution in [2.24, 2.45) is 11.7 Å². The zero-order valence-electron chi connectivity index (χ0n) is 23.5. The van der Waals surface area contributed by atoms with Crippen LogP contribution in [0.5, 0.6) is 0 Å². The molecule has 0 unspecified atom stereocenters. The van der Waals surface area contributed by atoms with Crippen LogP contribution in [0.2, 0.25) is 0 Å². The van der Waals surface area contributed by atoms with Gasteiger partial charge in [0.1, 0.15) is 0 Å². The van der Waals surface area contributed by atoms with Crippen LogP contribution in [0.3, 0.4) is 0 Å². The molecule has 1 saturated carbocycles. The van der Waals surface area contributed by atoms with E-state index >= 15 is 0 Å². The lowest BCUT2D eigenvalue weighted by molar-refractivity contribution is -0.120. The highest BCUT2D eigenvalue weighted by atomic mass is 16.5. The van der Waals surface area contributed by atoms with Gasteiger partial charge < -0.3 is 36.5 Å². The molecule has 11 heteroatoms. The van der Waals surface area contributed by atoms with Crippen LogP contribution in [0.25, 0.3) is 0 Å². The first-order valence-electron chi connectivity index (χ1n) is 14.3. The summed E-state index contributed by atoms with van der Waals surface area (Å²) in [6, 6.07) is 8.10. The highest BCUT2D eigenvalue weighted by Crippen LogP contribution is 2.22. The molecule has 216 valence electrons. The monoisotopic (exact) mass is 542 g/mol. The quantitative estimate of drug-likeness (QED) is 0.177. The summed E-state index contributed by atoms with van der Waals surface area (Å²) in [5.41, 5.74) is 7.12. The molecule has 39 heavy (non-hydrogen) atoms. The van der Waals surface area contributed by atoms with E-state index in [2.05, 4.69) is 50.1 Å². The molecule has 1 aromatic carbocycles. The van der Waals surface area contributed by atoms with E-state index in [9.17, 15) is 4.79 Å². The second kappa shape index (κ2) is 17.5. The smallest absolute Gasteiger partial charge is 0.233 e. The van der Waals surface area contributed by atoms with E-state index in [0.29, 0.717) is 75.7 Å². The first-order chi connectivity index (χ1) is 19.0. The van der Waals surface area contributed by atoms with Gasteiger partial charge in [0.2, 0.25) is 23.8 Å². The molecule has 1 aliphatic rings. The predicted molar refractivity (Wildman–Crippen MR) is 155 cm³/mol. The van der Waals surface area contributed by atoms with E-state index in [-0.39, 0.29) is 5.91 Å². The Balaban J connectivity index is 1.50. The van der Waals surface area contributed by atoms with Gasteiger partial charge in [0.15, 0.2) is 0 Å². The highest BCUT2D eigenvalue weighted by Gasteiger charge is 2.16. The molecule has 1 amide bonds. The maximum absolute atomic E-state index is 12.3. The second-order valence-electron chi connectivity index (χ2n) is 10.3. The zero-order valence-corrected chi connectivity index (χ0v) is 23.5. The Morgan fingerprint density at radius 1 is 0.923 bits per heavy atom. The summed E-state index contributed by atoms with van der Waals surface area (Å²) in [6.07, 6.45) is 7.36. The normalized spacial score (nSPS) is 13.8. The van der Waals surface area contributed by atoms with Gasteiger partial charge in [0.25, 0.3) is 0 Å². The second-order valence-corrected chi connectivity index (χ2v) is 10.3. The van der Waals surface area contributed by atoms with Gasteiger partial charge >= 0.3 is 0 Å². The Morgan fingerprint density at radius 2 is 1.62 bits per heavy atom. The van der Waals surface area contributed by atoms with Crippen LogP contribution < -0.4 is 27.0 Å². The molecule has 0 atom stereocenters. The number of hydrogen-bond acceptors (Lipinski definition) is 10. The molecule has 6 N–H and O–H groups in total. The van der Waals surface area contributed by atoms with Gasteiger partial charge in [-0.15, -0.1) is 0 Å². The van der Waals surface area contributed by atoms with Crippen LogP contribution >= 0.6 is 0 Å². The van der Waals surface area contributed by atoms with E-state index in [4.69, 9.17) is 15.2 Å². The number of nitrogens with two attached hydrogens (primary N) is 1. The van der Waals surface area contributed by atoms with E-state index in [0.717, 1.165) is 37.1 Å². The van der Waals surface area contributed by atoms with Crippen molar-refractivity contribution in [1.82, 2.24) is 20.3 Å². The molecule has 0 bridgehead atoms. The van der Waals surface area contributed by atoms with E-state index < -0.39 is 0 Å². The molecule has 1 aliphatic carbocycles. The molecule has 1 aromatic heterocycles. The minimum Gasteiger partial charge on any atom is -0.378 e. The number of anilines is 4. The number of hydrogen-bond donors (Lipinski definition) is 5. The summed E-state index contributed by atoms with van der Waals surface area (Å²) in [5, 5.41) is 13.0. The number of amides is 1. The fourth-order valence-corrected chi connectivity index (χ4v) is 4.23. The number of aromatic nitrogens is 3. The van der Waals surface area contributed by atoms with Crippen molar-refractivity contribution in [3.05, 3.63) is 29.8 Å². The van der Waals surface area contributed by atoms with Crippen molar-refractivity contribution >= 4 is 29.4 Å². The lowest BCUT2D eigenvalue weighted by atomic mass is 9.96. The molecule has 2 aromatic rings. The molecule has 1 fully saturated rings. The highest BCUT2D eigenvalue weighted by molar-refractivity contribution is 5.78. The van der Waals surface area contributed by atoms with Crippen LogP contribution in [0.1, 0.15) is 57.9 Å². The van der Waals surface area contributed by atoms with E-state index in [1.807, 2.05) is 24.3 Å². The van der Waals surface area contributed by atoms with Crippen molar-refractivity contribution in [3.8, 4) is 0 Å². The number of ether oxygens (including phenoxy) is 2. The standard InChI is InChI=1S/C28H46N8O3/c1-21(2)12-14-31-26-34-27(32-23-6-4-3-5-7-23)36-28(35-26)33-24-10-8-22(9-11-24)20-25(37)30-15-17-39-19-18-38-16-13-29/h8-11,21,23H,3-7,12-20,29H2,1-2H3,(H,30,37)(H3,31,32,33,34,35,36). The molecule has 0 spiro atoms. The zero-order chi connectivity index (χ0) is 27.7. The molecule has 11 nitrogen and oxygen atoms in total. The van der Waals surface area contributed by atoms with Crippen molar-refractivity contribution < 1.29 is 14.3 Å². The number of rotatable bonds is 18. The number of carbonyl (C=O) groups is 1. The number of nitrogens with one attached hydrogen (secondary N) is 4. The van der Waals surface area contributed by atoms with Crippen molar-refractivity contribution in [3.63, 3.8) is 0 Å². The summed E-state index contributed by atoms with van der Waals surface area (Å²) in [5.74, 6) is 2.18. The van der Waals surface area contributed by atoms with Crippen molar-refractivity contribution in [2.75, 3.05) is 62.0 Å². The Bertz CT molecular complexity index is 968. The predicted octanol–water partition coefficient (Wildman–Crippen LogP) is 3.47. The molecule has 0 radical (unpaired) electrons. The first kappa shape index (κ1) is 30.5. The minimum atomic E-state index is -0.0494. The van der Waals surface area contributed by atoms with Crippen molar-refractivity contribution in [2.45, 2.75) is 64.8 Å². The fraction of sp³-hybridized carbons (Fsp3) is 0.643. The average Bonchev–Trinajstić information content (AvgIpc) is 2.91. The summed E-state index contributed by atoms with van der Waals surface area (Å²) in [4.78, 5) is 26.1. The molecule has 1 heterocycles. The van der Waals surface area contributed by atoms with Crippen LogP contribution in [-0.4, -0.2) is 73.0 Å². The number of nitrogens with zero attached hydrogens (tertiary/aromatic N) is 3. The summed E-state index contributed by atoms with van der Waals surface area (Å²) >= 11 is 0.